The van der Waals surface area contributed by atoms with E-state index in [1.54, 1.807) is 6.07 Å². The van der Waals surface area contributed by atoms with E-state index in [1.165, 1.54) is 0 Å². The Balaban J connectivity index is 1.59. The number of nitrogens with zero attached hydrogens (tertiary/aromatic N) is 2. The molecular formula is C22H23N3O3. The van der Waals surface area contributed by atoms with Gasteiger partial charge in [0.2, 0.25) is 5.78 Å². The van der Waals surface area contributed by atoms with Crippen LogP contribution in [0.3, 0.4) is 0 Å². The van der Waals surface area contributed by atoms with Crippen molar-refractivity contribution in [3.8, 4) is 0 Å². The number of nitrogens with one attached hydrogen (secondary N) is 1. The van der Waals surface area contributed by atoms with Gasteiger partial charge in [-0.05, 0) is 44.9 Å². The first kappa shape index (κ1) is 18.2. The molecule has 2 aromatic heterocycles. The van der Waals surface area contributed by atoms with E-state index < -0.39 is 5.97 Å². The van der Waals surface area contributed by atoms with Crippen LogP contribution in [0.15, 0.2) is 36.4 Å². The minimum atomic E-state index is -0.515. The van der Waals surface area contributed by atoms with Gasteiger partial charge < -0.3 is 14.6 Å². The van der Waals surface area contributed by atoms with Crippen LogP contribution in [0.5, 0.6) is 0 Å². The van der Waals surface area contributed by atoms with Gasteiger partial charge in [0.25, 0.3) is 0 Å². The van der Waals surface area contributed by atoms with Crippen molar-refractivity contribution in [3.05, 3.63) is 58.9 Å². The Bertz CT molecular complexity index is 1050. The number of para-hydroxylation sites is 1. The molecule has 0 radical (unpaired) electrons. The zero-order chi connectivity index (χ0) is 19.7. The van der Waals surface area contributed by atoms with Crippen LogP contribution in [0, 0.1) is 13.8 Å². The topological polar surface area (TPSA) is 75.3 Å². The molecule has 0 saturated carbocycles. The second-order valence-electron chi connectivity index (χ2n) is 7.24. The van der Waals surface area contributed by atoms with E-state index in [1.807, 2.05) is 44.2 Å². The summed E-state index contributed by atoms with van der Waals surface area (Å²) in [7, 11) is 0. The van der Waals surface area contributed by atoms with Crippen molar-refractivity contribution >= 4 is 28.5 Å². The second kappa shape index (κ2) is 7.46. The number of anilines is 1. The van der Waals surface area contributed by atoms with Gasteiger partial charge in [0.15, 0.2) is 6.61 Å². The van der Waals surface area contributed by atoms with Crippen LogP contribution < -0.4 is 4.90 Å². The number of fused-ring (bicyclic) bond motifs is 1. The highest BCUT2D eigenvalue weighted by Gasteiger charge is 2.24. The third-order valence-electron chi connectivity index (χ3n) is 5.11. The van der Waals surface area contributed by atoms with Gasteiger partial charge in [0.1, 0.15) is 11.4 Å². The maximum atomic E-state index is 12.8. The molecule has 6 heteroatoms. The molecule has 0 aliphatic carbocycles. The summed E-state index contributed by atoms with van der Waals surface area (Å²) >= 11 is 0. The van der Waals surface area contributed by atoms with Crippen molar-refractivity contribution in [1.82, 2.24) is 9.97 Å². The van der Waals surface area contributed by atoms with E-state index in [2.05, 4.69) is 9.88 Å². The third kappa shape index (κ3) is 3.50. The number of ether oxygens (including phenoxy) is 1. The average Bonchev–Trinajstić information content (AvgIpc) is 3.34. The van der Waals surface area contributed by atoms with E-state index in [0.717, 1.165) is 48.2 Å². The number of rotatable bonds is 5. The van der Waals surface area contributed by atoms with Crippen molar-refractivity contribution in [3.63, 3.8) is 0 Å². The first-order chi connectivity index (χ1) is 13.5. The lowest BCUT2D eigenvalue weighted by molar-refractivity contribution is 0.0475. The van der Waals surface area contributed by atoms with Gasteiger partial charge in [-0.2, -0.15) is 0 Å². The molecule has 6 nitrogen and oxygen atoms in total. The number of carbonyl (C=O) groups excluding carboxylic acids is 2. The molecule has 1 saturated heterocycles. The summed E-state index contributed by atoms with van der Waals surface area (Å²) in [6.45, 7) is 5.17. The maximum absolute atomic E-state index is 12.8. The Labute approximate surface area is 163 Å². The molecule has 0 unspecified atom stereocenters. The van der Waals surface area contributed by atoms with E-state index in [0.29, 0.717) is 16.9 Å². The molecule has 144 valence electrons. The summed E-state index contributed by atoms with van der Waals surface area (Å²) in [4.78, 5) is 35.2. The molecule has 1 N–H and O–H groups in total. The van der Waals surface area contributed by atoms with Crippen LogP contribution in [-0.2, 0) is 4.74 Å². The molecule has 0 amide bonds. The SMILES string of the molecule is Cc1cc(C(=O)COC(=O)c2cc3ccccc3nc2N2CCCC2)c(C)[nH]1. The van der Waals surface area contributed by atoms with Crippen molar-refractivity contribution in [1.29, 1.82) is 0 Å². The fourth-order valence-electron chi connectivity index (χ4n) is 3.73. The summed E-state index contributed by atoms with van der Waals surface area (Å²) in [5, 5.41) is 0.876. The van der Waals surface area contributed by atoms with Gasteiger partial charge in [-0.3, -0.25) is 4.79 Å². The van der Waals surface area contributed by atoms with E-state index >= 15 is 0 Å². The third-order valence-corrected chi connectivity index (χ3v) is 5.11. The fraction of sp³-hybridized carbons (Fsp3) is 0.318. The number of aryl methyl sites for hydroxylation is 2. The smallest absolute Gasteiger partial charge is 0.342 e. The van der Waals surface area contributed by atoms with Crippen molar-refractivity contribution < 1.29 is 14.3 Å². The summed E-state index contributed by atoms with van der Waals surface area (Å²) < 4.78 is 5.39. The molecule has 1 fully saturated rings. The van der Waals surface area contributed by atoms with Crippen molar-refractivity contribution in [2.75, 3.05) is 24.6 Å². The predicted molar refractivity (Wildman–Crippen MR) is 108 cm³/mol. The van der Waals surface area contributed by atoms with E-state index in [4.69, 9.17) is 9.72 Å². The summed E-state index contributed by atoms with van der Waals surface area (Å²) in [5.41, 5.74) is 3.50. The largest absolute Gasteiger partial charge is 0.454 e. The highest BCUT2D eigenvalue weighted by Crippen LogP contribution is 2.27. The molecule has 1 aliphatic rings. The quantitative estimate of drug-likeness (QED) is 0.540. The number of ketones is 1. The maximum Gasteiger partial charge on any atom is 0.342 e. The van der Waals surface area contributed by atoms with E-state index in [-0.39, 0.29) is 12.4 Å². The van der Waals surface area contributed by atoms with Gasteiger partial charge in [-0.15, -0.1) is 0 Å². The first-order valence-corrected chi connectivity index (χ1v) is 9.54. The van der Waals surface area contributed by atoms with Gasteiger partial charge in [0.05, 0.1) is 5.52 Å². The summed E-state index contributed by atoms with van der Waals surface area (Å²) in [5.74, 6) is -0.0904. The molecule has 1 aromatic carbocycles. The summed E-state index contributed by atoms with van der Waals surface area (Å²) in [6, 6.07) is 11.3. The minimum Gasteiger partial charge on any atom is -0.454 e. The van der Waals surface area contributed by atoms with Gasteiger partial charge >= 0.3 is 5.97 Å². The number of Topliss-reactive ketones (excluding diaryl/α,β-unsaturated/α-hetero) is 1. The molecule has 1 aliphatic heterocycles. The Morgan fingerprint density at radius 3 is 2.57 bits per heavy atom. The van der Waals surface area contributed by atoms with Crippen LogP contribution in [0.25, 0.3) is 10.9 Å². The van der Waals surface area contributed by atoms with Crippen LogP contribution >= 0.6 is 0 Å². The van der Waals surface area contributed by atoms with E-state index in [9.17, 15) is 9.59 Å². The fourth-order valence-corrected chi connectivity index (χ4v) is 3.73. The normalized spacial score (nSPS) is 13.9. The monoisotopic (exact) mass is 377 g/mol. The zero-order valence-corrected chi connectivity index (χ0v) is 16.1. The van der Waals surface area contributed by atoms with Crippen molar-refractivity contribution in [2.24, 2.45) is 0 Å². The molecule has 28 heavy (non-hydrogen) atoms. The predicted octanol–water partition coefficient (Wildman–Crippen LogP) is 3.82. The van der Waals surface area contributed by atoms with Crippen LogP contribution in [0.4, 0.5) is 5.82 Å². The Hall–Kier alpha value is -3.15. The Kier molecular flexibility index (Phi) is 4.86. The zero-order valence-electron chi connectivity index (χ0n) is 16.1. The molecule has 0 atom stereocenters. The minimum absolute atomic E-state index is 0.216. The molecule has 3 heterocycles. The molecular weight excluding hydrogens is 354 g/mol. The average molecular weight is 377 g/mol. The number of benzene rings is 1. The van der Waals surface area contributed by atoms with Gasteiger partial charge in [0, 0.05) is 35.4 Å². The van der Waals surface area contributed by atoms with Crippen LogP contribution in [0.2, 0.25) is 0 Å². The number of H-pyrrole nitrogens is 1. The number of carbonyl (C=O) groups is 2. The number of aromatic amines is 1. The molecule has 4 rings (SSSR count). The summed E-state index contributed by atoms with van der Waals surface area (Å²) in [6.07, 6.45) is 2.15. The molecule has 0 spiro atoms. The Morgan fingerprint density at radius 1 is 1.11 bits per heavy atom. The highest BCUT2D eigenvalue weighted by atomic mass is 16.5. The number of pyridine rings is 1. The highest BCUT2D eigenvalue weighted by molar-refractivity contribution is 6.03. The first-order valence-electron chi connectivity index (χ1n) is 9.54. The number of hydrogen-bond acceptors (Lipinski definition) is 5. The lowest BCUT2D eigenvalue weighted by Crippen LogP contribution is -2.23. The standard InChI is InChI=1S/C22H23N3O3/c1-14-11-17(15(2)23-14)20(26)13-28-22(27)18-12-16-7-3-4-8-19(16)24-21(18)25-9-5-6-10-25/h3-4,7-8,11-12,23H,5-6,9-10,13H2,1-2H3. The Morgan fingerprint density at radius 2 is 1.86 bits per heavy atom. The lowest BCUT2D eigenvalue weighted by Gasteiger charge is -2.20. The van der Waals surface area contributed by atoms with Gasteiger partial charge in [-0.25, -0.2) is 9.78 Å². The molecule has 0 bridgehead atoms. The lowest BCUT2D eigenvalue weighted by atomic mass is 10.1. The number of aromatic nitrogens is 2. The van der Waals surface area contributed by atoms with Gasteiger partial charge in [-0.1, -0.05) is 18.2 Å². The number of hydrogen-bond donors (Lipinski definition) is 1. The molecule has 3 aromatic rings. The van der Waals surface area contributed by atoms with Crippen LogP contribution in [-0.4, -0.2) is 41.4 Å². The second-order valence-corrected chi connectivity index (χ2v) is 7.24. The number of esters is 1. The van der Waals surface area contributed by atoms with Crippen molar-refractivity contribution in [2.45, 2.75) is 26.7 Å². The van der Waals surface area contributed by atoms with Crippen LogP contribution in [0.1, 0.15) is 44.9 Å².